The Morgan fingerprint density at radius 1 is 1.28 bits per heavy atom. The van der Waals surface area contributed by atoms with Gasteiger partial charge in [0, 0.05) is 18.2 Å². The minimum absolute atomic E-state index is 0.0687. The van der Waals surface area contributed by atoms with Gasteiger partial charge in [0.05, 0.1) is 0 Å². The summed E-state index contributed by atoms with van der Waals surface area (Å²) >= 11 is 0. The summed E-state index contributed by atoms with van der Waals surface area (Å²) in [6, 6.07) is 3.90. The Kier molecular flexibility index (Phi) is 3.39. The van der Waals surface area contributed by atoms with E-state index in [0.29, 0.717) is 18.0 Å². The van der Waals surface area contributed by atoms with Crippen LogP contribution in [0.2, 0.25) is 0 Å². The number of nitrogens with two attached hydrogens (primary N) is 1. The van der Waals surface area contributed by atoms with E-state index in [-0.39, 0.29) is 11.5 Å². The Bertz CT molecular complexity index is 539. The van der Waals surface area contributed by atoms with Crippen molar-refractivity contribution in [2.75, 3.05) is 0 Å². The topological polar surface area (TPSA) is 64.9 Å². The Morgan fingerprint density at radius 2 is 2.00 bits per heavy atom. The van der Waals surface area contributed by atoms with Gasteiger partial charge >= 0.3 is 0 Å². The van der Waals surface area contributed by atoms with Crippen LogP contribution in [0.1, 0.15) is 38.8 Å². The lowest BCUT2D eigenvalue weighted by Crippen LogP contribution is -2.28. The summed E-state index contributed by atoms with van der Waals surface area (Å²) in [6.45, 7) is 8.50. The highest BCUT2D eigenvalue weighted by atomic mass is 16.3. The van der Waals surface area contributed by atoms with Gasteiger partial charge in [-0.15, -0.1) is 0 Å². The van der Waals surface area contributed by atoms with Crippen LogP contribution in [0, 0.1) is 12.3 Å². The number of oxazole rings is 1. The van der Waals surface area contributed by atoms with E-state index in [1.54, 1.807) is 0 Å². The second-order valence-electron chi connectivity index (χ2n) is 6.11. The molecule has 2 rings (SSSR count). The molecule has 4 nitrogen and oxygen atoms in total. The molecule has 1 atom stereocenters. The average molecular weight is 247 g/mol. The maximum absolute atomic E-state index is 6.12. The number of aryl methyl sites for hydroxylation is 1. The third kappa shape index (κ3) is 3.29. The van der Waals surface area contributed by atoms with Gasteiger partial charge in [0.25, 0.3) is 0 Å². The molecule has 0 aromatic carbocycles. The van der Waals surface area contributed by atoms with Gasteiger partial charge in [0.2, 0.25) is 0 Å². The molecule has 98 valence electrons. The van der Waals surface area contributed by atoms with Gasteiger partial charge in [-0.3, -0.25) is 0 Å². The summed E-state index contributed by atoms with van der Waals surface area (Å²) in [5, 5.41) is 0. The van der Waals surface area contributed by atoms with E-state index in [2.05, 4.69) is 30.7 Å². The fourth-order valence-corrected chi connectivity index (χ4v) is 2.13. The number of pyridine rings is 1. The zero-order valence-corrected chi connectivity index (χ0v) is 11.5. The molecule has 1 unspecified atom stereocenters. The third-order valence-corrected chi connectivity index (χ3v) is 2.75. The van der Waals surface area contributed by atoms with Gasteiger partial charge in [-0.1, -0.05) is 20.8 Å². The zero-order chi connectivity index (χ0) is 13.3. The summed E-state index contributed by atoms with van der Waals surface area (Å²) < 4.78 is 5.65. The molecule has 0 spiro atoms. The first-order chi connectivity index (χ1) is 8.33. The first kappa shape index (κ1) is 13.0. The quantitative estimate of drug-likeness (QED) is 0.905. The first-order valence-electron chi connectivity index (χ1n) is 6.32. The van der Waals surface area contributed by atoms with Crippen molar-refractivity contribution in [2.45, 2.75) is 46.6 Å². The summed E-state index contributed by atoms with van der Waals surface area (Å²) in [7, 11) is 0. The number of hydrogen-bond acceptors (Lipinski definition) is 4. The molecule has 0 saturated heterocycles. The highest BCUT2D eigenvalue weighted by molar-refractivity contribution is 5.67. The van der Waals surface area contributed by atoms with E-state index in [0.717, 1.165) is 17.7 Å². The van der Waals surface area contributed by atoms with Crippen molar-refractivity contribution in [1.29, 1.82) is 0 Å². The molecule has 0 radical (unpaired) electrons. The third-order valence-electron chi connectivity index (χ3n) is 2.75. The van der Waals surface area contributed by atoms with Crippen molar-refractivity contribution < 1.29 is 4.42 Å². The summed E-state index contributed by atoms with van der Waals surface area (Å²) in [5.74, 6) is 0.680. The van der Waals surface area contributed by atoms with Gasteiger partial charge in [-0.2, -0.15) is 4.98 Å². The van der Waals surface area contributed by atoms with E-state index in [1.165, 1.54) is 0 Å². The molecule has 18 heavy (non-hydrogen) atoms. The Morgan fingerprint density at radius 3 is 2.67 bits per heavy atom. The van der Waals surface area contributed by atoms with Crippen molar-refractivity contribution in [3.63, 3.8) is 0 Å². The largest absolute Gasteiger partial charge is 0.439 e. The lowest BCUT2D eigenvalue weighted by molar-refractivity contribution is 0.329. The van der Waals surface area contributed by atoms with Crippen LogP contribution in [-0.4, -0.2) is 16.0 Å². The van der Waals surface area contributed by atoms with Gasteiger partial charge in [0.1, 0.15) is 0 Å². The van der Waals surface area contributed by atoms with E-state index in [9.17, 15) is 0 Å². The minimum Gasteiger partial charge on any atom is -0.439 e. The molecule has 0 bridgehead atoms. The molecule has 0 aliphatic carbocycles. The number of nitrogens with zero attached hydrogens (tertiary/aromatic N) is 2. The van der Waals surface area contributed by atoms with Gasteiger partial charge in [-0.05, 0) is 30.9 Å². The molecule has 2 N–H and O–H groups in total. The molecule has 2 heterocycles. The maximum Gasteiger partial charge on any atom is 0.199 e. The SMILES string of the molecule is Cc1ccc2oc(CC(N)CC(C)(C)C)nc2n1. The second-order valence-corrected chi connectivity index (χ2v) is 6.11. The first-order valence-corrected chi connectivity index (χ1v) is 6.32. The summed E-state index contributed by atoms with van der Waals surface area (Å²) in [4.78, 5) is 8.72. The number of hydrogen-bond donors (Lipinski definition) is 1. The standard InChI is InChI=1S/C14H21N3O/c1-9-5-6-11-13(16-9)17-12(18-11)7-10(15)8-14(2,3)4/h5-6,10H,7-8,15H2,1-4H3. The van der Waals surface area contributed by atoms with Crippen LogP contribution in [0.3, 0.4) is 0 Å². The molecule has 2 aromatic heterocycles. The molecule has 0 fully saturated rings. The molecule has 0 aliphatic rings. The molecule has 0 aliphatic heterocycles. The fourth-order valence-electron chi connectivity index (χ4n) is 2.13. The second kappa shape index (κ2) is 4.69. The summed E-state index contributed by atoms with van der Waals surface area (Å²) in [6.07, 6.45) is 1.60. The number of rotatable bonds is 3. The van der Waals surface area contributed by atoms with Crippen molar-refractivity contribution in [1.82, 2.24) is 9.97 Å². The number of aromatic nitrogens is 2. The molecule has 0 amide bonds. The van der Waals surface area contributed by atoms with Crippen LogP contribution < -0.4 is 5.73 Å². The number of fused-ring (bicyclic) bond motifs is 1. The van der Waals surface area contributed by atoms with E-state index < -0.39 is 0 Å². The van der Waals surface area contributed by atoms with Crippen LogP contribution in [0.15, 0.2) is 16.5 Å². The van der Waals surface area contributed by atoms with Crippen molar-refractivity contribution in [3.05, 3.63) is 23.7 Å². The lowest BCUT2D eigenvalue weighted by Gasteiger charge is -2.22. The van der Waals surface area contributed by atoms with Crippen LogP contribution in [0.4, 0.5) is 0 Å². The predicted molar refractivity (Wildman–Crippen MR) is 72.3 cm³/mol. The highest BCUT2D eigenvalue weighted by Gasteiger charge is 2.18. The monoisotopic (exact) mass is 247 g/mol. The Balaban J connectivity index is 2.12. The lowest BCUT2D eigenvalue weighted by atomic mass is 9.87. The van der Waals surface area contributed by atoms with E-state index >= 15 is 0 Å². The molecule has 4 heteroatoms. The molecule has 2 aromatic rings. The van der Waals surface area contributed by atoms with Crippen molar-refractivity contribution in [2.24, 2.45) is 11.1 Å². The van der Waals surface area contributed by atoms with Gasteiger partial charge < -0.3 is 10.2 Å². The summed E-state index contributed by atoms with van der Waals surface area (Å²) in [5.41, 5.74) is 8.70. The molecular weight excluding hydrogens is 226 g/mol. The fraction of sp³-hybridized carbons (Fsp3) is 0.571. The predicted octanol–water partition coefficient (Wildman–Crippen LogP) is 2.84. The minimum atomic E-state index is 0.0687. The zero-order valence-electron chi connectivity index (χ0n) is 11.5. The van der Waals surface area contributed by atoms with Crippen LogP contribution in [0.5, 0.6) is 0 Å². The maximum atomic E-state index is 6.12. The van der Waals surface area contributed by atoms with Crippen molar-refractivity contribution >= 4 is 11.2 Å². The van der Waals surface area contributed by atoms with Gasteiger partial charge in [0.15, 0.2) is 17.1 Å². The molecule has 0 saturated carbocycles. The van der Waals surface area contributed by atoms with E-state index in [4.69, 9.17) is 10.2 Å². The Hall–Kier alpha value is -1.42. The Labute approximate surface area is 108 Å². The highest BCUT2D eigenvalue weighted by Crippen LogP contribution is 2.22. The van der Waals surface area contributed by atoms with Crippen LogP contribution in [-0.2, 0) is 6.42 Å². The van der Waals surface area contributed by atoms with Crippen LogP contribution >= 0.6 is 0 Å². The van der Waals surface area contributed by atoms with Crippen molar-refractivity contribution in [3.8, 4) is 0 Å². The average Bonchev–Trinajstić information content (AvgIpc) is 2.55. The smallest absolute Gasteiger partial charge is 0.199 e. The van der Waals surface area contributed by atoms with E-state index in [1.807, 2.05) is 19.1 Å². The normalized spacial score (nSPS) is 14.1. The van der Waals surface area contributed by atoms with Gasteiger partial charge in [-0.25, -0.2) is 4.98 Å². The van der Waals surface area contributed by atoms with Crippen LogP contribution in [0.25, 0.3) is 11.2 Å². The molecular formula is C14H21N3O.